The molecule has 1 radical (unpaired) electrons. The minimum atomic E-state index is -0.634. The Morgan fingerprint density at radius 3 is 1.90 bits per heavy atom. The summed E-state index contributed by atoms with van der Waals surface area (Å²) in [4.78, 5) is 10.0. The maximum absolute atomic E-state index is 10.0. The number of nitrogens with two attached hydrogens (primary N) is 1. The van der Waals surface area contributed by atoms with E-state index in [0.717, 1.165) is 0 Å². The number of hydrogen-bond donors (Lipinski definition) is 3. The van der Waals surface area contributed by atoms with Crippen molar-refractivity contribution in [2.24, 2.45) is 5.73 Å². The maximum Gasteiger partial charge on any atom is 2.00 e. The SMILES string of the molecule is CC(N)C(=O)NO.[Co+2].[OH-].[OH-]. The van der Waals surface area contributed by atoms with Crippen LogP contribution in [0.4, 0.5) is 0 Å². The maximum atomic E-state index is 10.0. The van der Waals surface area contributed by atoms with Gasteiger partial charge < -0.3 is 16.7 Å². The summed E-state index contributed by atoms with van der Waals surface area (Å²) in [5.74, 6) is -0.569. The molecule has 1 atom stereocenters. The molecule has 0 aromatic carbocycles. The molecule has 0 saturated carbocycles. The summed E-state index contributed by atoms with van der Waals surface area (Å²) in [6.45, 7) is 1.48. The molecule has 0 aliphatic heterocycles. The summed E-state index contributed by atoms with van der Waals surface area (Å²) in [5, 5.41) is 7.83. The van der Waals surface area contributed by atoms with E-state index in [1.54, 1.807) is 0 Å². The Morgan fingerprint density at radius 1 is 1.60 bits per heavy atom. The van der Waals surface area contributed by atoms with Gasteiger partial charge in [-0.3, -0.25) is 10.0 Å². The molecule has 0 rings (SSSR count). The molecular formula is C3H10CoN2O4. The zero-order valence-corrected chi connectivity index (χ0v) is 6.28. The van der Waals surface area contributed by atoms with Gasteiger partial charge in [0.05, 0.1) is 6.04 Å². The number of hydroxylamine groups is 1. The first-order chi connectivity index (χ1) is 3.18. The Morgan fingerprint density at radius 2 is 1.90 bits per heavy atom. The van der Waals surface area contributed by atoms with Crippen molar-refractivity contribution in [2.75, 3.05) is 0 Å². The van der Waals surface area contributed by atoms with Crippen molar-refractivity contribution < 1.29 is 37.7 Å². The number of amides is 1. The average molecular weight is 197 g/mol. The van der Waals surface area contributed by atoms with Gasteiger partial charge >= 0.3 is 16.8 Å². The molecule has 0 bridgehead atoms. The van der Waals surface area contributed by atoms with Crippen LogP contribution in [0.3, 0.4) is 0 Å². The molecule has 0 saturated heterocycles. The van der Waals surface area contributed by atoms with Crippen molar-refractivity contribution in [1.82, 2.24) is 5.48 Å². The van der Waals surface area contributed by atoms with E-state index in [1.807, 2.05) is 0 Å². The fraction of sp³-hybridized carbons (Fsp3) is 0.667. The van der Waals surface area contributed by atoms with Crippen molar-refractivity contribution in [3.8, 4) is 0 Å². The summed E-state index contributed by atoms with van der Waals surface area (Å²) in [7, 11) is 0. The molecule has 0 spiro atoms. The number of rotatable bonds is 1. The smallest absolute Gasteiger partial charge is 0.870 e. The van der Waals surface area contributed by atoms with Crippen LogP contribution < -0.4 is 11.2 Å². The van der Waals surface area contributed by atoms with Crippen LogP contribution in [-0.4, -0.2) is 28.1 Å². The van der Waals surface area contributed by atoms with Gasteiger partial charge in [-0.25, -0.2) is 5.48 Å². The summed E-state index contributed by atoms with van der Waals surface area (Å²) in [5.41, 5.74) is 6.37. The number of nitrogens with one attached hydrogen (secondary N) is 1. The van der Waals surface area contributed by atoms with Gasteiger partial charge in [-0.15, -0.1) is 0 Å². The van der Waals surface area contributed by atoms with Crippen LogP contribution in [0, 0.1) is 0 Å². The Kier molecular flexibility index (Phi) is 26.1. The first kappa shape index (κ1) is 22.6. The molecule has 0 aliphatic rings. The fourth-order valence-corrected chi connectivity index (χ4v) is 0.102. The molecule has 1 amide bonds. The predicted octanol–water partition coefficient (Wildman–Crippen LogP) is -1.52. The Labute approximate surface area is 68.6 Å². The Balaban J connectivity index is -0.0000000600. The third-order valence-electron chi connectivity index (χ3n) is 0.524. The average Bonchev–Trinajstić information content (AvgIpc) is 1.65. The van der Waals surface area contributed by atoms with Crippen molar-refractivity contribution in [2.45, 2.75) is 13.0 Å². The van der Waals surface area contributed by atoms with Crippen molar-refractivity contribution in [3.05, 3.63) is 0 Å². The minimum Gasteiger partial charge on any atom is -0.870 e. The quantitative estimate of drug-likeness (QED) is 0.346. The standard InChI is InChI=1S/C3H8N2O2.Co.2H2O/c1-2(4)3(6)5-7;;;/h2,7H,4H2,1H3,(H,5,6);;2*1H2/q;+2;;/p-2. The molecule has 65 valence electrons. The normalized spacial score (nSPS) is 9.10. The summed E-state index contributed by atoms with van der Waals surface area (Å²) >= 11 is 0. The van der Waals surface area contributed by atoms with Crippen molar-refractivity contribution in [1.29, 1.82) is 0 Å². The van der Waals surface area contributed by atoms with Crippen molar-refractivity contribution >= 4 is 5.91 Å². The second kappa shape index (κ2) is 11.6. The molecule has 0 fully saturated rings. The fourth-order valence-electron chi connectivity index (χ4n) is 0.102. The Hall–Kier alpha value is -0.184. The molecule has 0 aliphatic carbocycles. The molecule has 7 heteroatoms. The van der Waals surface area contributed by atoms with Crippen LogP contribution in [0.25, 0.3) is 0 Å². The molecule has 0 aromatic rings. The zero-order valence-electron chi connectivity index (χ0n) is 5.24. The van der Waals surface area contributed by atoms with Crippen LogP contribution in [0.5, 0.6) is 0 Å². The third-order valence-corrected chi connectivity index (χ3v) is 0.524. The van der Waals surface area contributed by atoms with E-state index in [2.05, 4.69) is 0 Å². The number of carbonyl (C=O) groups excluding carboxylic acids is 1. The van der Waals surface area contributed by atoms with Crippen LogP contribution >= 0.6 is 0 Å². The van der Waals surface area contributed by atoms with E-state index in [0.29, 0.717) is 0 Å². The molecule has 10 heavy (non-hydrogen) atoms. The van der Waals surface area contributed by atoms with Crippen LogP contribution in [0.1, 0.15) is 6.92 Å². The van der Waals surface area contributed by atoms with Gasteiger partial charge in [0.15, 0.2) is 0 Å². The number of carbonyl (C=O) groups is 1. The monoisotopic (exact) mass is 197 g/mol. The second-order valence-electron chi connectivity index (χ2n) is 1.26. The summed E-state index contributed by atoms with van der Waals surface area (Å²) < 4.78 is 0. The van der Waals surface area contributed by atoms with Gasteiger partial charge in [0.2, 0.25) is 0 Å². The van der Waals surface area contributed by atoms with Gasteiger partial charge in [0.1, 0.15) is 0 Å². The Bertz CT molecular complexity index is 78.9. The molecule has 6 nitrogen and oxygen atoms in total. The molecule has 1 unspecified atom stereocenters. The predicted molar refractivity (Wildman–Crippen MR) is 27.5 cm³/mol. The van der Waals surface area contributed by atoms with Gasteiger partial charge in [-0.05, 0) is 6.92 Å². The first-order valence-electron chi connectivity index (χ1n) is 1.88. The molecular weight excluding hydrogens is 187 g/mol. The van der Waals surface area contributed by atoms with Gasteiger partial charge in [0, 0.05) is 0 Å². The largest absolute Gasteiger partial charge is 2.00 e. The van der Waals surface area contributed by atoms with Crippen LogP contribution in [0.15, 0.2) is 0 Å². The number of hydrogen-bond acceptors (Lipinski definition) is 5. The van der Waals surface area contributed by atoms with E-state index in [4.69, 9.17) is 10.9 Å². The van der Waals surface area contributed by atoms with Crippen molar-refractivity contribution in [3.63, 3.8) is 0 Å². The topological polar surface area (TPSA) is 135 Å². The molecule has 0 aromatic heterocycles. The third kappa shape index (κ3) is 10.7. The minimum absolute atomic E-state index is 0. The summed E-state index contributed by atoms with van der Waals surface area (Å²) in [6.07, 6.45) is 0. The first-order valence-corrected chi connectivity index (χ1v) is 1.88. The summed E-state index contributed by atoms with van der Waals surface area (Å²) in [6, 6.07) is -0.634. The van der Waals surface area contributed by atoms with Gasteiger partial charge in [-0.1, -0.05) is 0 Å². The van der Waals surface area contributed by atoms with E-state index in [-0.39, 0.29) is 27.7 Å². The molecule has 0 heterocycles. The van der Waals surface area contributed by atoms with Gasteiger partial charge in [0.25, 0.3) is 5.91 Å². The molecule has 6 N–H and O–H groups in total. The van der Waals surface area contributed by atoms with Crippen LogP contribution in [-0.2, 0) is 21.6 Å². The van der Waals surface area contributed by atoms with E-state index < -0.39 is 11.9 Å². The van der Waals surface area contributed by atoms with Crippen LogP contribution in [0.2, 0.25) is 0 Å². The van der Waals surface area contributed by atoms with E-state index >= 15 is 0 Å². The van der Waals surface area contributed by atoms with Gasteiger partial charge in [-0.2, -0.15) is 0 Å². The second-order valence-corrected chi connectivity index (χ2v) is 1.26. The van der Waals surface area contributed by atoms with E-state index in [9.17, 15) is 4.79 Å². The van der Waals surface area contributed by atoms with E-state index in [1.165, 1.54) is 12.4 Å². The zero-order chi connectivity index (χ0) is 5.86.